The number of nitrogens with one attached hydrogen (secondary N) is 1. The zero-order valence-electron chi connectivity index (χ0n) is 6.90. The largest absolute Gasteiger partial charge is 0.345 e. The highest BCUT2D eigenvalue weighted by Crippen LogP contribution is 2.17. The fraction of sp³-hybridized carbons (Fsp3) is 0. The van der Waals surface area contributed by atoms with Gasteiger partial charge >= 0.3 is 0 Å². The Morgan fingerprint density at radius 2 is 2.15 bits per heavy atom. The van der Waals surface area contributed by atoms with Crippen molar-refractivity contribution < 1.29 is 4.79 Å². The topological polar surface area (TPSA) is 45.8 Å². The number of imidazole rings is 1. The van der Waals surface area contributed by atoms with E-state index in [-0.39, 0.29) is 0 Å². The maximum absolute atomic E-state index is 10.7. The van der Waals surface area contributed by atoms with E-state index in [0.29, 0.717) is 5.56 Å². The third-order valence-corrected chi connectivity index (χ3v) is 1.84. The number of aromatic amines is 1. The van der Waals surface area contributed by atoms with E-state index < -0.39 is 0 Å². The molecule has 0 fully saturated rings. The van der Waals surface area contributed by atoms with Gasteiger partial charge in [-0.1, -0.05) is 24.3 Å². The molecule has 3 nitrogen and oxygen atoms in total. The Hall–Kier alpha value is -1.90. The molecule has 0 saturated heterocycles. The van der Waals surface area contributed by atoms with E-state index in [1.54, 1.807) is 18.5 Å². The number of nitrogens with zero attached hydrogens (tertiary/aromatic N) is 1. The molecular weight excluding hydrogens is 164 g/mol. The van der Waals surface area contributed by atoms with Crippen molar-refractivity contribution in [3.63, 3.8) is 0 Å². The van der Waals surface area contributed by atoms with Crippen molar-refractivity contribution in [2.24, 2.45) is 0 Å². The van der Waals surface area contributed by atoms with Gasteiger partial charge in [0.15, 0.2) is 6.29 Å². The molecule has 0 unspecified atom stereocenters. The van der Waals surface area contributed by atoms with Gasteiger partial charge in [0.1, 0.15) is 5.82 Å². The SMILES string of the molecule is O=Cc1ccccc1-c1ncc[nH]1. The minimum absolute atomic E-state index is 0.650. The van der Waals surface area contributed by atoms with Crippen molar-refractivity contribution in [3.8, 4) is 11.4 Å². The lowest BCUT2D eigenvalue weighted by atomic mass is 10.1. The molecule has 1 heterocycles. The van der Waals surface area contributed by atoms with Crippen LogP contribution in [0.3, 0.4) is 0 Å². The quantitative estimate of drug-likeness (QED) is 0.703. The van der Waals surface area contributed by atoms with Crippen LogP contribution in [0.1, 0.15) is 10.4 Å². The number of aldehydes is 1. The Morgan fingerprint density at radius 3 is 2.85 bits per heavy atom. The van der Waals surface area contributed by atoms with E-state index in [1.807, 2.05) is 18.2 Å². The second-order valence-electron chi connectivity index (χ2n) is 2.64. The van der Waals surface area contributed by atoms with Gasteiger partial charge in [0, 0.05) is 23.5 Å². The van der Waals surface area contributed by atoms with Crippen molar-refractivity contribution in [3.05, 3.63) is 42.2 Å². The first-order valence-electron chi connectivity index (χ1n) is 3.96. The summed E-state index contributed by atoms with van der Waals surface area (Å²) in [6.07, 6.45) is 4.23. The van der Waals surface area contributed by atoms with Crippen LogP contribution in [0.4, 0.5) is 0 Å². The molecule has 0 spiro atoms. The molecule has 1 aromatic heterocycles. The molecule has 0 aliphatic heterocycles. The lowest BCUT2D eigenvalue weighted by Crippen LogP contribution is -1.87. The lowest BCUT2D eigenvalue weighted by Gasteiger charge is -1.98. The predicted molar refractivity (Wildman–Crippen MR) is 49.4 cm³/mol. The fourth-order valence-corrected chi connectivity index (χ4v) is 1.23. The average molecular weight is 172 g/mol. The molecule has 64 valence electrons. The van der Waals surface area contributed by atoms with Gasteiger partial charge < -0.3 is 4.98 Å². The molecule has 2 rings (SSSR count). The molecule has 0 saturated carbocycles. The summed E-state index contributed by atoms with van der Waals surface area (Å²) >= 11 is 0. The first-order valence-corrected chi connectivity index (χ1v) is 3.96. The first-order chi connectivity index (χ1) is 6.42. The Balaban J connectivity index is 2.57. The van der Waals surface area contributed by atoms with Gasteiger partial charge in [-0.05, 0) is 0 Å². The van der Waals surface area contributed by atoms with Crippen LogP contribution in [0.15, 0.2) is 36.7 Å². The van der Waals surface area contributed by atoms with Gasteiger partial charge in [0.25, 0.3) is 0 Å². The van der Waals surface area contributed by atoms with E-state index in [0.717, 1.165) is 17.7 Å². The van der Waals surface area contributed by atoms with Crippen molar-refractivity contribution in [2.45, 2.75) is 0 Å². The van der Waals surface area contributed by atoms with Crippen LogP contribution in [0, 0.1) is 0 Å². The molecule has 1 N–H and O–H groups in total. The molecule has 3 heteroatoms. The van der Waals surface area contributed by atoms with Crippen molar-refractivity contribution in [2.75, 3.05) is 0 Å². The lowest BCUT2D eigenvalue weighted by molar-refractivity contribution is 0.112. The standard InChI is InChI=1S/C10H8N2O/c13-7-8-3-1-2-4-9(8)10-11-5-6-12-10/h1-7H,(H,11,12). The number of carbonyl (C=O) groups is 1. The summed E-state index contributed by atoms with van der Waals surface area (Å²) < 4.78 is 0. The predicted octanol–water partition coefficient (Wildman–Crippen LogP) is 1.89. The van der Waals surface area contributed by atoms with Gasteiger partial charge in [-0.25, -0.2) is 4.98 Å². The van der Waals surface area contributed by atoms with Gasteiger partial charge in [0.2, 0.25) is 0 Å². The van der Waals surface area contributed by atoms with E-state index >= 15 is 0 Å². The number of hydrogen-bond donors (Lipinski definition) is 1. The minimum Gasteiger partial charge on any atom is -0.345 e. The Labute approximate surface area is 75.4 Å². The maximum atomic E-state index is 10.7. The minimum atomic E-state index is 0.650. The summed E-state index contributed by atoms with van der Waals surface area (Å²) in [5.74, 6) is 0.725. The van der Waals surface area contributed by atoms with Crippen LogP contribution in [0.2, 0.25) is 0 Å². The molecule has 0 radical (unpaired) electrons. The van der Waals surface area contributed by atoms with Gasteiger partial charge in [-0.2, -0.15) is 0 Å². The monoisotopic (exact) mass is 172 g/mol. The number of aromatic nitrogens is 2. The van der Waals surface area contributed by atoms with Crippen LogP contribution >= 0.6 is 0 Å². The molecular formula is C10H8N2O. The average Bonchev–Trinajstić information content (AvgIpc) is 2.70. The van der Waals surface area contributed by atoms with Crippen LogP contribution in [-0.4, -0.2) is 16.3 Å². The van der Waals surface area contributed by atoms with Crippen molar-refractivity contribution in [1.29, 1.82) is 0 Å². The van der Waals surface area contributed by atoms with E-state index in [2.05, 4.69) is 9.97 Å². The van der Waals surface area contributed by atoms with Crippen LogP contribution in [0.5, 0.6) is 0 Å². The van der Waals surface area contributed by atoms with Gasteiger partial charge in [0.05, 0.1) is 0 Å². The second-order valence-corrected chi connectivity index (χ2v) is 2.64. The van der Waals surface area contributed by atoms with Crippen LogP contribution in [-0.2, 0) is 0 Å². The van der Waals surface area contributed by atoms with Gasteiger partial charge in [-0.15, -0.1) is 0 Å². The summed E-state index contributed by atoms with van der Waals surface area (Å²) in [5.41, 5.74) is 1.49. The number of H-pyrrole nitrogens is 1. The summed E-state index contributed by atoms with van der Waals surface area (Å²) in [6, 6.07) is 7.34. The summed E-state index contributed by atoms with van der Waals surface area (Å²) in [6.45, 7) is 0. The highest BCUT2D eigenvalue weighted by Gasteiger charge is 2.03. The first kappa shape index (κ1) is 7.73. The number of hydrogen-bond acceptors (Lipinski definition) is 2. The molecule has 0 bridgehead atoms. The van der Waals surface area contributed by atoms with Crippen LogP contribution < -0.4 is 0 Å². The zero-order valence-corrected chi connectivity index (χ0v) is 6.90. The summed E-state index contributed by atoms with van der Waals surface area (Å²) in [4.78, 5) is 17.7. The number of carbonyl (C=O) groups excluding carboxylic acids is 1. The maximum Gasteiger partial charge on any atom is 0.150 e. The Kier molecular flexibility index (Phi) is 1.92. The van der Waals surface area contributed by atoms with E-state index in [1.165, 1.54) is 0 Å². The highest BCUT2D eigenvalue weighted by atomic mass is 16.1. The van der Waals surface area contributed by atoms with Crippen molar-refractivity contribution >= 4 is 6.29 Å². The second kappa shape index (κ2) is 3.23. The normalized spacial score (nSPS) is 9.85. The molecule has 0 amide bonds. The summed E-state index contributed by atoms with van der Waals surface area (Å²) in [7, 11) is 0. The molecule has 13 heavy (non-hydrogen) atoms. The smallest absolute Gasteiger partial charge is 0.150 e. The van der Waals surface area contributed by atoms with E-state index in [9.17, 15) is 4.79 Å². The van der Waals surface area contributed by atoms with Crippen molar-refractivity contribution in [1.82, 2.24) is 9.97 Å². The molecule has 0 aliphatic rings. The zero-order chi connectivity index (χ0) is 9.10. The Bertz CT molecular complexity index is 407. The molecule has 0 aliphatic carbocycles. The van der Waals surface area contributed by atoms with E-state index in [4.69, 9.17) is 0 Å². The fourth-order valence-electron chi connectivity index (χ4n) is 1.23. The Morgan fingerprint density at radius 1 is 1.31 bits per heavy atom. The molecule has 0 atom stereocenters. The number of benzene rings is 1. The third-order valence-electron chi connectivity index (χ3n) is 1.84. The molecule has 2 aromatic rings. The number of rotatable bonds is 2. The summed E-state index contributed by atoms with van der Waals surface area (Å²) in [5, 5.41) is 0. The van der Waals surface area contributed by atoms with Crippen LogP contribution in [0.25, 0.3) is 11.4 Å². The van der Waals surface area contributed by atoms with Gasteiger partial charge in [-0.3, -0.25) is 4.79 Å². The molecule has 1 aromatic carbocycles. The third kappa shape index (κ3) is 1.36. The highest BCUT2D eigenvalue weighted by molar-refractivity contribution is 5.85.